The maximum atomic E-state index is 13.0. The number of carboxylic acid groups (broad SMARTS) is 1. The van der Waals surface area contributed by atoms with Crippen molar-refractivity contribution < 1.29 is 42.9 Å². The molecule has 0 aromatic rings. The fourth-order valence-electron chi connectivity index (χ4n) is 10.9. The summed E-state index contributed by atoms with van der Waals surface area (Å²) in [5, 5.41) is 11.9. The molecule has 0 aliphatic carbocycles. The normalized spacial score (nSPS) is 13.8. The topological polar surface area (TPSA) is 111 Å². The summed E-state index contributed by atoms with van der Waals surface area (Å²) >= 11 is 0. The van der Waals surface area contributed by atoms with Crippen LogP contribution in [0.3, 0.4) is 0 Å². The second-order valence-corrected chi connectivity index (χ2v) is 28.3. The van der Waals surface area contributed by atoms with Gasteiger partial charge in [0.05, 0.1) is 40.3 Å². The summed E-state index contributed by atoms with van der Waals surface area (Å²) in [5.74, 6) is -2.33. The van der Waals surface area contributed by atoms with Gasteiger partial charge in [-0.15, -0.1) is 0 Å². The Morgan fingerprint density at radius 1 is 0.286 bits per heavy atom. The Balaban J connectivity index is 4.13. The number of allylic oxidation sites excluding steroid dienone is 36. The smallest absolute Gasteiger partial charge is 0.306 e. The average molecular weight is 1450 g/mol. The van der Waals surface area contributed by atoms with Crippen molar-refractivity contribution in [1.82, 2.24) is 0 Å². The molecule has 9 nitrogen and oxygen atoms in total. The molecule has 9 heteroatoms. The standard InChI is InChI=1S/C96H153NO8/c1-6-8-10-12-14-16-18-20-22-24-26-28-30-32-34-36-38-40-42-44-46-47-49-51-53-55-57-59-61-63-65-67-69-71-73-75-77-79-81-83-85-87-94(99)105-92(91-104-96(95(100)101)102-89-88-97(3,4)5)90-103-93(98)86-84-82-80-78-76-74-72-70-68-66-64-62-60-58-56-54-52-50-48-45-43-41-39-37-35-33-31-29-27-25-23-21-19-17-15-13-11-9-7-2/h8-11,14-17,20-23,26-29,32-35,38-41,44,46,49,51,55,57,61,63,67,69,73,75,92,96H,6-7,12-13,18-19,24-25,30-31,36-37,42-43,45,47-48,50,52-54,56,58-60,62,64-66,68,70-72,74,76-91H2,1-5H3/b10-8-,11-9-,16-14-,17-15-,22-20-,23-21-,28-26-,29-27-,34-32-,35-33-,40-38-,41-39-,46-44-,51-49-,57-55-,63-61-,69-67-,75-73-. The number of unbranched alkanes of at least 4 members (excludes halogenated alkanes) is 24. The first kappa shape index (κ1) is 98.6. The van der Waals surface area contributed by atoms with Gasteiger partial charge in [-0.1, -0.05) is 361 Å². The lowest BCUT2D eigenvalue weighted by molar-refractivity contribution is -0.870. The van der Waals surface area contributed by atoms with E-state index < -0.39 is 24.3 Å². The molecular weight excluding hydrogens is 1300 g/mol. The van der Waals surface area contributed by atoms with Crippen LogP contribution >= 0.6 is 0 Å². The van der Waals surface area contributed by atoms with Gasteiger partial charge in [0.25, 0.3) is 0 Å². The van der Waals surface area contributed by atoms with Crippen LogP contribution in [0.1, 0.15) is 309 Å². The average Bonchev–Trinajstić information content (AvgIpc) is 1.18. The number of carboxylic acids is 1. The zero-order valence-corrected chi connectivity index (χ0v) is 67.5. The van der Waals surface area contributed by atoms with Crippen molar-refractivity contribution in [2.24, 2.45) is 0 Å². The van der Waals surface area contributed by atoms with Crippen LogP contribution in [0, 0.1) is 0 Å². The minimum atomic E-state index is -1.64. The van der Waals surface area contributed by atoms with E-state index in [1.54, 1.807) is 0 Å². The van der Waals surface area contributed by atoms with Crippen molar-refractivity contribution in [2.75, 3.05) is 47.5 Å². The third-order valence-corrected chi connectivity index (χ3v) is 17.2. The van der Waals surface area contributed by atoms with E-state index in [1.165, 1.54) is 116 Å². The minimum absolute atomic E-state index is 0.133. The Morgan fingerprint density at radius 3 is 0.762 bits per heavy atom. The molecule has 0 saturated heterocycles. The number of hydrogen-bond acceptors (Lipinski definition) is 8. The molecule has 0 radical (unpaired) electrons. The van der Waals surface area contributed by atoms with E-state index in [1.807, 2.05) is 21.1 Å². The van der Waals surface area contributed by atoms with Gasteiger partial charge in [-0.3, -0.25) is 9.59 Å². The van der Waals surface area contributed by atoms with Crippen LogP contribution in [-0.4, -0.2) is 82.3 Å². The fraction of sp³-hybridized carbons (Fsp3) is 0.594. The molecule has 0 aliphatic heterocycles. The molecule has 2 unspecified atom stereocenters. The predicted octanol–water partition coefficient (Wildman–Crippen LogP) is 26.3. The van der Waals surface area contributed by atoms with Crippen molar-refractivity contribution >= 4 is 17.9 Å². The highest BCUT2D eigenvalue weighted by atomic mass is 16.7. The molecule has 0 fully saturated rings. The lowest BCUT2D eigenvalue weighted by atomic mass is 10.0. The van der Waals surface area contributed by atoms with Gasteiger partial charge in [-0.05, 0) is 154 Å². The Bertz CT molecular complexity index is 2550. The van der Waals surface area contributed by atoms with Gasteiger partial charge in [0, 0.05) is 12.8 Å². The van der Waals surface area contributed by atoms with Crippen molar-refractivity contribution in [2.45, 2.75) is 322 Å². The third-order valence-electron chi connectivity index (χ3n) is 17.2. The number of ether oxygens (including phenoxy) is 4. The summed E-state index contributed by atoms with van der Waals surface area (Å²) in [6.07, 6.45) is 128. The van der Waals surface area contributed by atoms with Crippen LogP contribution in [0.15, 0.2) is 219 Å². The van der Waals surface area contributed by atoms with Crippen LogP contribution in [0.4, 0.5) is 0 Å². The minimum Gasteiger partial charge on any atom is -0.545 e. The zero-order chi connectivity index (χ0) is 76.0. The molecule has 0 heterocycles. The molecule has 0 aromatic heterocycles. The van der Waals surface area contributed by atoms with E-state index in [9.17, 15) is 19.5 Å². The summed E-state index contributed by atoms with van der Waals surface area (Å²) in [7, 11) is 5.92. The second-order valence-electron chi connectivity index (χ2n) is 28.3. The SMILES string of the molecule is CC/C=C\C/C=C\C/C=C\C/C=C\C/C=C\C/C=C\C/C=C\C/C=C\C/C=C\C/C=C\C/C=C\C/C=C\CCCCCCC(=O)OC(COC(=O)CCCCCCCCCCCCCCCCCCCCCC/C=C\C/C=C\C/C=C\C/C=C\C/C=C\C/C=C\CC)COC(OCC[N+](C)(C)C)C(=O)[O-]. The highest BCUT2D eigenvalue weighted by Crippen LogP contribution is 2.17. The van der Waals surface area contributed by atoms with Gasteiger partial charge in [0.1, 0.15) is 13.2 Å². The first-order valence-electron chi connectivity index (χ1n) is 41.9. The molecule has 0 bridgehead atoms. The summed E-state index contributed by atoms with van der Waals surface area (Å²) < 4.78 is 22.8. The maximum Gasteiger partial charge on any atom is 0.306 e. The first-order valence-corrected chi connectivity index (χ1v) is 41.9. The van der Waals surface area contributed by atoms with Crippen LogP contribution in [-0.2, 0) is 33.3 Å². The molecule has 0 saturated carbocycles. The maximum absolute atomic E-state index is 13.0. The van der Waals surface area contributed by atoms with Gasteiger partial charge >= 0.3 is 11.9 Å². The second kappa shape index (κ2) is 83.3. The fourth-order valence-corrected chi connectivity index (χ4v) is 10.9. The van der Waals surface area contributed by atoms with Crippen LogP contribution in [0.25, 0.3) is 0 Å². The largest absolute Gasteiger partial charge is 0.545 e. The number of esters is 2. The zero-order valence-electron chi connectivity index (χ0n) is 67.5. The van der Waals surface area contributed by atoms with E-state index >= 15 is 0 Å². The van der Waals surface area contributed by atoms with Crippen LogP contribution in [0.2, 0.25) is 0 Å². The molecule has 0 N–H and O–H groups in total. The Kier molecular flexibility index (Phi) is 78.2. The number of rotatable bonds is 75. The van der Waals surface area contributed by atoms with E-state index in [-0.39, 0.29) is 38.6 Å². The summed E-state index contributed by atoms with van der Waals surface area (Å²) in [5.41, 5.74) is 0. The van der Waals surface area contributed by atoms with E-state index in [4.69, 9.17) is 18.9 Å². The first-order chi connectivity index (χ1) is 51.6. The molecule has 105 heavy (non-hydrogen) atoms. The monoisotopic (exact) mass is 1450 g/mol. The van der Waals surface area contributed by atoms with Crippen molar-refractivity contribution in [3.05, 3.63) is 219 Å². The van der Waals surface area contributed by atoms with Gasteiger partial charge < -0.3 is 33.3 Å². The lowest BCUT2D eigenvalue weighted by Crippen LogP contribution is -2.44. The molecule has 0 aliphatic rings. The molecule has 0 rings (SSSR count). The quantitative estimate of drug-likeness (QED) is 0.0195. The molecule has 0 amide bonds. The van der Waals surface area contributed by atoms with Crippen molar-refractivity contribution in [3.8, 4) is 0 Å². The molecule has 590 valence electrons. The number of aliphatic carboxylic acids is 1. The Morgan fingerprint density at radius 2 is 0.514 bits per heavy atom. The summed E-state index contributed by atoms with van der Waals surface area (Å²) in [6, 6.07) is 0. The van der Waals surface area contributed by atoms with E-state index in [0.717, 1.165) is 161 Å². The predicted molar refractivity (Wildman–Crippen MR) is 453 cm³/mol. The number of quaternary nitrogens is 1. The number of hydrogen-bond donors (Lipinski definition) is 0. The van der Waals surface area contributed by atoms with E-state index in [0.29, 0.717) is 17.4 Å². The van der Waals surface area contributed by atoms with Gasteiger partial charge in [0.2, 0.25) is 0 Å². The highest BCUT2D eigenvalue weighted by Gasteiger charge is 2.22. The molecule has 2 atom stereocenters. The van der Waals surface area contributed by atoms with Gasteiger partial charge in [0.15, 0.2) is 12.4 Å². The van der Waals surface area contributed by atoms with Crippen LogP contribution in [0.5, 0.6) is 0 Å². The number of nitrogens with zero attached hydrogens (tertiary/aromatic N) is 1. The van der Waals surface area contributed by atoms with E-state index in [2.05, 4.69) is 233 Å². The summed E-state index contributed by atoms with van der Waals surface area (Å²) in [4.78, 5) is 37.6. The van der Waals surface area contributed by atoms with Crippen LogP contribution < -0.4 is 5.11 Å². The number of carbonyl (C=O) groups is 3. The Labute approximate surface area is 645 Å². The molecule has 0 spiro atoms. The van der Waals surface area contributed by atoms with Gasteiger partial charge in [-0.25, -0.2) is 0 Å². The number of likely N-dealkylation sites (N-methyl/N-ethyl adjacent to an activating group) is 1. The summed E-state index contributed by atoms with van der Waals surface area (Å²) in [6.45, 7) is 4.49. The number of carbonyl (C=O) groups excluding carboxylic acids is 3. The van der Waals surface area contributed by atoms with Crippen molar-refractivity contribution in [3.63, 3.8) is 0 Å². The molecule has 0 aromatic carbocycles. The van der Waals surface area contributed by atoms with Gasteiger partial charge in [-0.2, -0.15) is 0 Å². The Hall–Kier alpha value is -6.39. The van der Waals surface area contributed by atoms with Crippen molar-refractivity contribution in [1.29, 1.82) is 0 Å². The highest BCUT2D eigenvalue weighted by molar-refractivity contribution is 5.70. The lowest BCUT2D eigenvalue weighted by Gasteiger charge is -2.26. The third kappa shape index (κ3) is 84.7. The molecular formula is C96H153NO8.